The summed E-state index contributed by atoms with van der Waals surface area (Å²) in [6, 6.07) is 1.15. The zero-order valence-electron chi connectivity index (χ0n) is 13.0. The van der Waals surface area contributed by atoms with Crippen molar-refractivity contribution in [2.45, 2.75) is 79.6 Å². The second kappa shape index (κ2) is 7.01. The summed E-state index contributed by atoms with van der Waals surface area (Å²) in [5, 5.41) is 9.73. The Morgan fingerprint density at radius 2 is 1.00 bits per heavy atom. The third-order valence-electron chi connectivity index (χ3n) is 2.87. The van der Waals surface area contributed by atoms with Crippen LogP contribution < -0.4 is 0 Å². The van der Waals surface area contributed by atoms with Gasteiger partial charge in [0.05, 0.1) is 0 Å². The lowest BCUT2D eigenvalue weighted by molar-refractivity contribution is 0.259. The molecule has 0 rings (SSSR count). The molecule has 0 saturated carbocycles. The van der Waals surface area contributed by atoms with Crippen molar-refractivity contribution in [3.05, 3.63) is 0 Å². The van der Waals surface area contributed by atoms with E-state index in [4.69, 9.17) is 11.8 Å². The summed E-state index contributed by atoms with van der Waals surface area (Å²) in [5.41, 5.74) is 0. The first-order valence-corrected chi connectivity index (χ1v) is 9.39. The van der Waals surface area contributed by atoms with Gasteiger partial charge in [-0.25, -0.2) is 9.34 Å². The van der Waals surface area contributed by atoms with Crippen molar-refractivity contribution < 1.29 is 0 Å². The van der Waals surface area contributed by atoms with Crippen molar-refractivity contribution in [1.82, 2.24) is 9.34 Å². The second-order valence-corrected chi connectivity index (χ2v) is 9.52. The summed E-state index contributed by atoms with van der Waals surface area (Å²) < 4.78 is 4.45. The molecule has 0 atom stereocenters. The predicted octanol–water partition coefficient (Wildman–Crippen LogP) is 4.01. The van der Waals surface area contributed by atoms with Gasteiger partial charge in [0.1, 0.15) is 5.81 Å². The van der Waals surface area contributed by atoms with Gasteiger partial charge in [-0.3, -0.25) is 0 Å². The summed E-state index contributed by atoms with van der Waals surface area (Å²) in [6.07, 6.45) is -2.34. The molecule has 0 aliphatic heterocycles. The Labute approximate surface area is 118 Å². The average Bonchev–Trinajstić information content (AvgIpc) is 2.14. The predicted molar refractivity (Wildman–Crippen MR) is 84.1 cm³/mol. The topological polar surface area (TPSA) is 30.3 Å². The van der Waals surface area contributed by atoms with E-state index in [-0.39, 0.29) is 24.2 Å². The van der Waals surface area contributed by atoms with Gasteiger partial charge in [-0.1, -0.05) is 0 Å². The minimum atomic E-state index is -2.34. The first kappa shape index (κ1) is 18.1. The molecule has 0 aliphatic rings. The maximum absolute atomic E-state index is 9.73. The molecule has 0 aliphatic carbocycles. The molecule has 18 heavy (non-hydrogen) atoms. The molecular weight excluding hydrogens is 261 g/mol. The Hall–Kier alpha value is 0.0600. The van der Waals surface area contributed by atoms with Gasteiger partial charge in [-0.2, -0.15) is 5.26 Å². The van der Waals surface area contributed by atoms with Crippen LogP contribution in [0.4, 0.5) is 0 Å². The fourth-order valence-corrected chi connectivity index (χ4v) is 7.88. The van der Waals surface area contributed by atoms with Crippen molar-refractivity contribution in [2.24, 2.45) is 0 Å². The second-order valence-electron chi connectivity index (χ2n) is 5.78. The van der Waals surface area contributed by atoms with Crippen LogP contribution >= 0.6 is 6.34 Å². The van der Waals surface area contributed by atoms with Gasteiger partial charge in [-0.15, -0.1) is 0 Å². The van der Waals surface area contributed by atoms with Crippen LogP contribution in [0.25, 0.3) is 0 Å². The molecule has 0 unspecified atom stereocenters. The Morgan fingerprint density at radius 3 is 1.11 bits per heavy atom. The molecule has 0 N–H and O–H groups in total. The number of nitrogens with zero attached hydrogens (tertiary/aromatic N) is 3. The van der Waals surface area contributed by atoms with Crippen molar-refractivity contribution in [1.29, 1.82) is 5.26 Å². The van der Waals surface area contributed by atoms with Gasteiger partial charge in [-0.05, 0) is 67.2 Å². The van der Waals surface area contributed by atoms with E-state index >= 15 is 0 Å². The van der Waals surface area contributed by atoms with E-state index in [1.807, 2.05) is 0 Å². The molecular formula is C13H28N3PS. The Morgan fingerprint density at radius 1 is 0.778 bits per heavy atom. The van der Waals surface area contributed by atoms with Crippen LogP contribution in [0.3, 0.4) is 0 Å². The van der Waals surface area contributed by atoms with Crippen molar-refractivity contribution in [3.8, 4) is 5.81 Å². The summed E-state index contributed by atoms with van der Waals surface area (Å²) in [4.78, 5) is 0. The Kier molecular flexibility index (Phi) is 7.03. The number of hydrogen-bond acceptors (Lipinski definition) is 2. The molecule has 5 heteroatoms. The standard InChI is InChI=1S/C13H28N3PS/c1-10(2)15(11(3)4)17(18,9-14)16(12(5)6)13(7)8/h10-13H,1-8H3. The average molecular weight is 289 g/mol. The maximum Gasteiger partial charge on any atom is 0.177 e. The molecule has 0 amide bonds. The quantitative estimate of drug-likeness (QED) is 0.691. The summed E-state index contributed by atoms with van der Waals surface area (Å²) >= 11 is 5.85. The highest BCUT2D eigenvalue weighted by atomic mass is 32.4. The molecule has 106 valence electrons. The van der Waals surface area contributed by atoms with E-state index in [1.54, 1.807) is 0 Å². The summed E-state index contributed by atoms with van der Waals surface area (Å²) in [6.45, 7) is 17.0. The zero-order valence-corrected chi connectivity index (χ0v) is 14.7. The largest absolute Gasteiger partial charge is 0.247 e. The molecule has 0 bridgehead atoms. The van der Waals surface area contributed by atoms with Gasteiger partial charge >= 0.3 is 0 Å². The normalized spacial score (nSPS) is 13.4. The molecule has 3 nitrogen and oxygen atoms in total. The number of rotatable bonds is 6. The fourth-order valence-electron chi connectivity index (χ4n) is 2.67. The molecule has 0 aromatic carbocycles. The Bertz CT molecular complexity index is 305. The SMILES string of the molecule is CC(C)N(C(C)C)P(=S)(C#N)N(C(C)C)C(C)C. The Balaban J connectivity index is 5.73. The van der Waals surface area contributed by atoms with Gasteiger partial charge < -0.3 is 0 Å². The third kappa shape index (κ3) is 3.78. The van der Waals surface area contributed by atoms with E-state index in [2.05, 4.69) is 70.5 Å². The first-order valence-electron chi connectivity index (χ1n) is 6.68. The molecule has 0 saturated heterocycles. The van der Waals surface area contributed by atoms with E-state index < -0.39 is 6.34 Å². The molecule has 0 fully saturated rings. The van der Waals surface area contributed by atoms with Crippen LogP contribution in [0.1, 0.15) is 55.4 Å². The lowest BCUT2D eigenvalue weighted by atomic mass is 10.3. The third-order valence-corrected chi connectivity index (χ3v) is 7.61. The first-order chi connectivity index (χ1) is 8.09. The van der Waals surface area contributed by atoms with Gasteiger partial charge in [0, 0.05) is 24.2 Å². The zero-order chi connectivity index (χ0) is 14.7. The minimum Gasteiger partial charge on any atom is -0.247 e. The van der Waals surface area contributed by atoms with Crippen LogP contribution in [0.5, 0.6) is 0 Å². The van der Waals surface area contributed by atoms with E-state index in [0.29, 0.717) is 0 Å². The molecule has 0 aromatic rings. The van der Waals surface area contributed by atoms with Crippen LogP contribution in [0.15, 0.2) is 0 Å². The summed E-state index contributed by atoms with van der Waals surface area (Å²) in [5.74, 6) is 2.48. The van der Waals surface area contributed by atoms with Crippen LogP contribution in [0.2, 0.25) is 0 Å². The van der Waals surface area contributed by atoms with Gasteiger partial charge in [0.25, 0.3) is 0 Å². The highest BCUT2D eigenvalue weighted by molar-refractivity contribution is 8.14. The van der Waals surface area contributed by atoms with Crippen molar-refractivity contribution in [3.63, 3.8) is 0 Å². The van der Waals surface area contributed by atoms with Crippen LogP contribution in [-0.4, -0.2) is 33.5 Å². The maximum atomic E-state index is 9.73. The number of hydrogen-bond donors (Lipinski definition) is 0. The van der Waals surface area contributed by atoms with Crippen molar-refractivity contribution in [2.75, 3.05) is 0 Å². The highest BCUT2D eigenvalue weighted by Crippen LogP contribution is 2.56. The lowest BCUT2D eigenvalue weighted by Crippen LogP contribution is -2.44. The molecule has 0 radical (unpaired) electrons. The van der Waals surface area contributed by atoms with E-state index in [0.717, 1.165) is 0 Å². The van der Waals surface area contributed by atoms with Gasteiger partial charge in [0.2, 0.25) is 0 Å². The van der Waals surface area contributed by atoms with Gasteiger partial charge in [0.15, 0.2) is 6.34 Å². The van der Waals surface area contributed by atoms with E-state index in [1.165, 1.54) is 0 Å². The smallest absolute Gasteiger partial charge is 0.177 e. The monoisotopic (exact) mass is 289 g/mol. The lowest BCUT2D eigenvalue weighted by Gasteiger charge is -2.46. The molecule has 0 heterocycles. The van der Waals surface area contributed by atoms with Crippen molar-refractivity contribution >= 4 is 18.1 Å². The highest BCUT2D eigenvalue weighted by Gasteiger charge is 2.38. The number of nitriles is 1. The molecule has 0 aromatic heterocycles. The molecule has 0 spiro atoms. The van der Waals surface area contributed by atoms with Crippen LogP contribution in [0, 0.1) is 11.1 Å². The van der Waals surface area contributed by atoms with E-state index in [9.17, 15) is 5.26 Å². The summed E-state index contributed by atoms with van der Waals surface area (Å²) in [7, 11) is 0. The minimum absolute atomic E-state index is 0.287. The fraction of sp³-hybridized carbons (Fsp3) is 0.923. The van der Waals surface area contributed by atoms with Crippen LogP contribution in [-0.2, 0) is 11.8 Å².